The van der Waals surface area contributed by atoms with Gasteiger partial charge in [-0.3, -0.25) is 14.4 Å². The van der Waals surface area contributed by atoms with Crippen molar-refractivity contribution in [3.8, 4) is 0 Å². The van der Waals surface area contributed by atoms with Crippen molar-refractivity contribution < 1.29 is 9.90 Å². The fraction of sp³-hybridized carbons (Fsp3) is 0.727. The summed E-state index contributed by atoms with van der Waals surface area (Å²) in [6.07, 6.45) is 3.90. The van der Waals surface area contributed by atoms with Gasteiger partial charge in [-0.05, 0) is 25.3 Å². The first-order chi connectivity index (χ1) is 8.15. The van der Waals surface area contributed by atoms with Crippen LogP contribution in [0.2, 0.25) is 0 Å². The minimum absolute atomic E-state index is 0.273. The molecule has 2 heterocycles. The van der Waals surface area contributed by atoms with E-state index in [1.807, 2.05) is 7.05 Å². The molecule has 1 atom stereocenters. The molecule has 1 N–H and O–H groups in total. The Morgan fingerprint density at radius 3 is 3.12 bits per heavy atom. The molecule has 1 saturated heterocycles. The molecule has 6 heteroatoms. The van der Waals surface area contributed by atoms with Gasteiger partial charge in [0.1, 0.15) is 12.2 Å². The van der Waals surface area contributed by atoms with Gasteiger partial charge in [0.25, 0.3) is 0 Å². The van der Waals surface area contributed by atoms with Crippen LogP contribution in [0.1, 0.15) is 25.1 Å². The predicted octanol–water partition coefficient (Wildman–Crippen LogP) is 0.502. The van der Waals surface area contributed by atoms with Crippen molar-refractivity contribution in [1.82, 2.24) is 19.7 Å². The third-order valence-electron chi connectivity index (χ3n) is 3.24. The molecular formula is C11H18N4O2. The smallest absolute Gasteiger partial charge is 0.303 e. The molecule has 0 saturated carbocycles. The molecule has 0 bridgehead atoms. The first kappa shape index (κ1) is 12.0. The number of nitrogens with zero attached hydrogens (tertiary/aromatic N) is 4. The number of aryl methyl sites for hydroxylation is 1. The Kier molecular flexibility index (Phi) is 3.73. The van der Waals surface area contributed by atoms with Gasteiger partial charge in [-0.2, -0.15) is 5.10 Å². The van der Waals surface area contributed by atoms with Crippen LogP contribution in [0, 0.1) is 5.92 Å². The second kappa shape index (κ2) is 5.27. The zero-order valence-corrected chi connectivity index (χ0v) is 10.0. The van der Waals surface area contributed by atoms with Crippen LogP contribution >= 0.6 is 0 Å². The van der Waals surface area contributed by atoms with Crippen molar-refractivity contribution in [1.29, 1.82) is 0 Å². The van der Waals surface area contributed by atoms with Gasteiger partial charge in [0.05, 0.1) is 6.54 Å². The number of aromatic nitrogens is 3. The molecule has 0 spiro atoms. The van der Waals surface area contributed by atoms with Gasteiger partial charge in [-0.15, -0.1) is 0 Å². The van der Waals surface area contributed by atoms with Gasteiger partial charge in [-0.25, -0.2) is 4.98 Å². The van der Waals surface area contributed by atoms with Crippen LogP contribution < -0.4 is 0 Å². The van der Waals surface area contributed by atoms with Crippen molar-refractivity contribution in [3.63, 3.8) is 0 Å². The van der Waals surface area contributed by atoms with E-state index in [4.69, 9.17) is 5.11 Å². The number of hydrogen-bond donors (Lipinski definition) is 1. The lowest BCUT2D eigenvalue weighted by Crippen LogP contribution is -2.36. The molecule has 1 aliphatic heterocycles. The molecule has 1 aliphatic rings. The number of likely N-dealkylation sites (tertiary alicyclic amines) is 1. The van der Waals surface area contributed by atoms with Crippen LogP contribution in [0.15, 0.2) is 6.33 Å². The van der Waals surface area contributed by atoms with Gasteiger partial charge in [0, 0.05) is 20.0 Å². The number of carbonyl (C=O) groups is 1. The molecular weight excluding hydrogens is 220 g/mol. The maximum atomic E-state index is 10.7. The molecule has 1 aromatic rings. The van der Waals surface area contributed by atoms with Crippen LogP contribution in [0.25, 0.3) is 0 Å². The molecule has 0 amide bonds. The van der Waals surface area contributed by atoms with E-state index in [2.05, 4.69) is 15.0 Å². The van der Waals surface area contributed by atoms with Gasteiger partial charge >= 0.3 is 5.97 Å². The number of piperidine rings is 1. The summed E-state index contributed by atoms with van der Waals surface area (Å²) in [7, 11) is 1.88. The van der Waals surface area contributed by atoms with Gasteiger partial charge < -0.3 is 5.11 Å². The first-order valence-electron chi connectivity index (χ1n) is 5.92. The van der Waals surface area contributed by atoms with Crippen LogP contribution in [-0.2, 0) is 18.4 Å². The Balaban J connectivity index is 1.89. The summed E-state index contributed by atoms with van der Waals surface area (Å²) >= 11 is 0. The van der Waals surface area contributed by atoms with Crippen molar-refractivity contribution in [2.24, 2.45) is 13.0 Å². The highest BCUT2D eigenvalue weighted by Gasteiger charge is 2.22. The van der Waals surface area contributed by atoms with Gasteiger partial charge in [-0.1, -0.05) is 0 Å². The third kappa shape index (κ3) is 3.26. The lowest BCUT2D eigenvalue weighted by Gasteiger charge is -2.31. The minimum atomic E-state index is -0.699. The molecule has 1 aromatic heterocycles. The standard InChI is InChI=1S/C11H18N4O2/c1-14-10(12-8-13-14)7-15-4-2-3-9(6-15)5-11(16)17/h8-9H,2-7H2,1H3,(H,16,17). The lowest BCUT2D eigenvalue weighted by atomic mass is 9.95. The van der Waals surface area contributed by atoms with E-state index in [0.29, 0.717) is 0 Å². The van der Waals surface area contributed by atoms with E-state index in [9.17, 15) is 4.79 Å². The van der Waals surface area contributed by atoms with Crippen LogP contribution in [0.3, 0.4) is 0 Å². The monoisotopic (exact) mass is 238 g/mol. The van der Waals surface area contributed by atoms with Crippen molar-refractivity contribution in [2.75, 3.05) is 13.1 Å². The minimum Gasteiger partial charge on any atom is -0.481 e. The van der Waals surface area contributed by atoms with E-state index in [1.54, 1.807) is 11.0 Å². The zero-order chi connectivity index (χ0) is 12.3. The normalized spacial score (nSPS) is 21.6. The summed E-state index contributed by atoms with van der Waals surface area (Å²) in [6.45, 7) is 2.62. The topological polar surface area (TPSA) is 71.2 Å². The SMILES string of the molecule is Cn1ncnc1CN1CCCC(CC(=O)O)C1. The Hall–Kier alpha value is -1.43. The number of carboxylic acid groups (broad SMARTS) is 1. The summed E-state index contributed by atoms with van der Waals surface area (Å²) in [4.78, 5) is 17.2. The second-order valence-electron chi connectivity index (χ2n) is 4.64. The largest absolute Gasteiger partial charge is 0.481 e. The molecule has 1 unspecified atom stereocenters. The summed E-state index contributed by atoms with van der Waals surface area (Å²) in [5.41, 5.74) is 0. The summed E-state index contributed by atoms with van der Waals surface area (Å²) in [5.74, 6) is 0.506. The average Bonchev–Trinajstić information content (AvgIpc) is 2.64. The average molecular weight is 238 g/mol. The molecule has 1 fully saturated rings. The lowest BCUT2D eigenvalue weighted by molar-refractivity contribution is -0.138. The van der Waals surface area contributed by atoms with Crippen molar-refractivity contribution >= 4 is 5.97 Å². The highest BCUT2D eigenvalue weighted by atomic mass is 16.4. The third-order valence-corrected chi connectivity index (χ3v) is 3.24. The van der Waals surface area contributed by atoms with Gasteiger partial charge in [0.2, 0.25) is 0 Å². The summed E-state index contributed by atoms with van der Waals surface area (Å²) < 4.78 is 1.76. The van der Waals surface area contributed by atoms with E-state index >= 15 is 0 Å². The highest BCUT2D eigenvalue weighted by Crippen LogP contribution is 2.20. The maximum absolute atomic E-state index is 10.7. The Morgan fingerprint density at radius 2 is 2.47 bits per heavy atom. The Bertz CT molecular complexity index is 391. The molecule has 0 radical (unpaired) electrons. The molecule has 2 rings (SSSR count). The van der Waals surface area contributed by atoms with Crippen LogP contribution in [-0.4, -0.2) is 43.8 Å². The Morgan fingerprint density at radius 1 is 1.65 bits per heavy atom. The fourth-order valence-electron chi connectivity index (χ4n) is 2.37. The van der Waals surface area contributed by atoms with Crippen LogP contribution in [0.4, 0.5) is 0 Å². The van der Waals surface area contributed by atoms with E-state index in [0.717, 1.165) is 38.3 Å². The number of rotatable bonds is 4. The quantitative estimate of drug-likeness (QED) is 0.827. The molecule has 17 heavy (non-hydrogen) atoms. The number of hydrogen-bond acceptors (Lipinski definition) is 4. The fourth-order valence-corrected chi connectivity index (χ4v) is 2.37. The van der Waals surface area contributed by atoms with Gasteiger partial charge in [0.15, 0.2) is 0 Å². The van der Waals surface area contributed by atoms with E-state index in [-0.39, 0.29) is 12.3 Å². The molecule has 0 aromatic carbocycles. The van der Waals surface area contributed by atoms with E-state index < -0.39 is 5.97 Å². The first-order valence-corrected chi connectivity index (χ1v) is 5.92. The highest BCUT2D eigenvalue weighted by molar-refractivity contribution is 5.67. The number of aliphatic carboxylic acids is 1. The molecule has 94 valence electrons. The van der Waals surface area contributed by atoms with Crippen LogP contribution in [0.5, 0.6) is 0 Å². The zero-order valence-electron chi connectivity index (χ0n) is 10.0. The van der Waals surface area contributed by atoms with Crippen molar-refractivity contribution in [2.45, 2.75) is 25.8 Å². The van der Waals surface area contributed by atoms with Crippen molar-refractivity contribution in [3.05, 3.63) is 12.2 Å². The number of carboxylic acids is 1. The van der Waals surface area contributed by atoms with E-state index in [1.165, 1.54) is 0 Å². The second-order valence-corrected chi connectivity index (χ2v) is 4.64. The summed E-state index contributed by atoms with van der Waals surface area (Å²) in [5, 5.41) is 12.8. The molecule has 0 aliphatic carbocycles. The maximum Gasteiger partial charge on any atom is 0.303 e. The summed E-state index contributed by atoms with van der Waals surface area (Å²) in [6, 6.07) is 0. The Labute approximate surface area is 100 Å². The predicted molar refractivity (Wildman–Crippen MR) is 61.3 cm³/mol. The molecule has 6 nitrogen and oxygen atoms in total.